The highest BCUT2D eigenvalue weighted by Gasteiger charge is 2.17. The Kier molecular flexibility index (Phi) is 5.65. The predicted molar refractivity (Wildman–Crippen MR) is 78.9 cm³/mol. The standard InChI is InChI=1S/C16H23ClFN/c1-12-2-4-13(5-3-12)8-9-19-11-14-10-15(17)6-7-16(14)18/h6-7,10,12-13,19H,2-5,8-9,11H2,1H3. The SMILES string of the molecule is CC1CCC(CCNCc2cc(Cl)ccc2F)CC1. The van der Waals surface area contributed by atoms with Crippen LogP contribution in [0.1, 0.15) is 44.6 Å². The molecule has 0 heterocycles. The maximum atomic E-state index is 13.5. The van der Waals surface area contributed by atoms with E-state index in [9.17, 15) is 4.39 Å². The molecule has 0 unspecified atom stereocenters. The number of hydrogen-bond donors (Lipinski definition) is 1. The molecule has 1 nitrogen and oxygen atoms in total. The maximum absolute atomic E-state index is 13.5. The Morgan fingerprint density at radius 3 is 2.74 bits per heavy atom. The lowest BCUT2D eigenvalue weighted by molar-refractivity contribution is 0.275. The third-order valence-electron chi connectivity index (χ3n) is 4.19. The van der Waals surface area contributed by atoms with Crippen molar-refractivity contribution >= 4 is 11.6 Å². The molecule has 0 aromatic heterocycles. The predicted octanol–water partition coefficient (Wildman–Crippen LogP) is 4.79. The molecule has 1 aliphatic carbocycles. The summed E-state index contributed by atoms with van der Waals surface area (Å²) in [7, 11) is 0. The Morgan fingerprint density at radius 2 is 2.00 bits per heavy atom. The molecule has 0 bridgehead atoms. The minimum Gasteiger partial charge on any atom is -0.313 e. The third-order valence-corrected chi connectivity index (χ3v) is 4.42. The monoisotopic (exact) mass is 283 g/mol. The van der Waals surface area contributed by atoms with Crippen molar-refractivity contribution in [3.05, 3.63) is 34.6 Å². The normalized spacial score (nSPS) is 23.5. The second-order valence-corrected chi connectivity index (χ2v) is 6.26. The highest BCUT2D eigenvalue weighted by atomic mass is 35.5. The summed E-state index contributed by atoms with van der Waals surface area (Å²) in [6.45, 7) is 3.87. The van der Waals surface area contributed by atoms with E-state index in [0.717, 1.165) is 18.4 Å². The highest BCUT2D eigenvalue weighted by molar-refractivity contribution is 6.30. The Bertz CT molecular complexity index is 400. The molecule has 1 N–H and O–H groups in total. The molecule has 0 radical (unpaired) electrons. The molecule has 1 saturated carbocycles. The topological polar surface area (TPSA) is 12.0 Å². The summed E-state index contributed by atoms with van der Waals surface area (Å²) < 4.78 is 13.5. The largest absolute Gasteiger partial charge is 0.313 e. The summed E-state index contributed by atoms with van der Waals surface area (Å²) in [6, 6.07) is 4.72. The first-order valence-electron chi connectivity index (χ1n) is 7.30. The first-order chi connectivity index (χ1) is 9.15. The molecule has 106 valence electrons. The number of rotatable bonds is 5. The first-order valence-corrected chi connectivity index (χ1v) is 7.67. The second kappa shape index (κ2) is 7.25. The summed E-state index contributed by atoms with van der Waals surface area (Å²) in [6.07, 6.45) is 6.65. The van der Waals surface area contributed by atoms with Gasteiger partial charge in [0, 0.05) is 17.1 Å². The lowest BCUT2D eigenvalue weighted by Gasteiger charge is -2.26. The summed E-state index contributed by atoms with van der Waals surface area (Å²) in [5.74, 6) is 1.58. The summed E-state index contributed by atoms with van der Waals surface area (Å²) in [5, 5.41) is 3.93. The van der Waals surface area contributed by atoms with Crippen molar-refractivity contribution in [2.45, 2.75) is 45.6 Å². The van der Waals surface area contributed by atoms with Gasteiger partial charge in [0.05, 0.1) is 0 Å². The van der Waals surface area contributed by atoms with Crippen LogP contribution in [0.15, 0.2) is 18.2 Å². The van der Waals surface area contributed by atoms with E-state index < -0.39 is 0 Å². The van der Waals surface area contributed by atoms with Crippen molar-refractivity contribution < 1.29 is 4.39 Å². The molecule has 0 spiro atoms. The van der Waals surface area contributed by atoms with E-state index in [-0.39, 0.29) is 5.82 Å². The lowest BCUT2D eigenvalue weighted by Crippen LogP contribution is -2.21. The molecular formula is C16H23ClFN. The fourth-order valence-electron chi connectivity index (χ4n) is 2.83. The summed E-state index contributed by atoms with van der Waals surface area (Å²) in [4.78, 5) is 0. The molecule has 1 aliphatic rings. The third kappa shape index (κ3) is 4.77. The van der Waals surface area contributed by atoms with Crippen LogP contribution in [0.2, 0.25) is 5.02 Å². The smallest absolute Gasteiger partial charge is 0.127 e. The molecule has 0 amide bonds. The number of benzene rings is 1. The molecule has 0 aliphatic heterocycles. The molecule has 1 fully saturated rings. The van der Waals surface area contributed by atoms with E-state index in [2.05, 4.69) is 12.2 Å². The van der Waals surface area contributed by atoms with E-state index in [4.69, 9.17) is 11.6 Å². The second-order valence-electron chi connectivity index (χ2n) is 5.83. The van der Waals surface area contributed by atoms with Gasteiger partial charge in [-0.15, -0.1) is 0 Å². The lowest BCUT2D eigenvalue weighted by atomic mass is 9.81. The van der Waals surface area contributed by atoms with Gasteiger partial charge in [-0.2, -0.15) is 0 Å². The van der Waals surface area contributed by atoms with Gasteiger partial charge in [-0.1, -0.05) is 44.2 Å². The van der Waals surface area contributed by atoms with E-state index in [0.29, 0.717) is 17.1 Å². The van der Waals surface area contributed by atoms with Gasteiger partial charge < -0.3 is 5.32 Å². The van der Waals surface area contributed by atoms with Crippen molar-refractivity contribution in [1.29, 1.82) is 0 Å². The van der Waals surface area contributed by atoms with Gasteiger partial charge in [0.25, 0.3) is 0 Å². The van der Waals surface area contributed by atoms with Crippen molar-refractivity contribution in [2.24, 2.45) is 11.8 Å². The quantitative estimate of drug-likeness (QED) is 0.767. The Morgan fingerprint density at radius 1 is 1.26 bits per heavy atom. The number of halogens is 2. The van der Waals surface area contributed by atoms with Crippen molar-refractivity contribution in [1.82, 2.24) is 5.32 Å². The van der Waals surface area contributed by atoms with Gasteiger partial charge in [-0.25, -0.2) is 4.39 Å². The van der Waals surface area contributed by atoms with Gasteiger partial charge in [0.2, 0.25) is 0 Å². The van der Waals surface area contributed by atoms with Gasteiger partial charge >= 0.3 is 0 Å². The maximum Gasteiger partial charge on any atom is 0.127 e. The minimum absolute atomic E-state index is 0.177. The molecule has 3 heteroatoms. The molecule has 1 aromatic rings. The van der Waals surface area contributed by atoms with Crippen molar-refractivity contribution in [3.63, 3.8) is 0 Å². The molecule has 19 heavy (non-hydrogen) atoms. The van der Waals surface area contributed by atoms with E-state index in [1.54, 1.807) is 12.1 Å². The molecule has 0 saturated heterocycles. The van der Waals surface area contributed by atoms with Crippen molar-refractivity contribution in [2.75, 3.05) is 6.54 Å². The zero-order valence-corrected chi connectivity index (χ0v) is 12.3. The highest BCUT2D eigenvalue weighted by Crippen LogP contribution is 2.29. The molecular weight excluding hydrogens is 261 g/mol. The van der Waals surface area contributed by atoms with Crippen LogP contribution in [0.3, 0.4) is 0 Å². The van der Waals surface area contributed by atoms with Gasteiger partial charge in [0.1, 0.15) is 5.82 Å². The zero-order valence-electron chi connectivity index (χ0n) is 11.6. The minimum atomic E-state index is -0.177. The van der Waals surface area contributed by atoms with Crippen LogP contribution in [0, 0.1) is 17.7 Å². The Balaban J connectivity index is 1.68. The van der Waals surface area contributed by atoms with Crippen LogP contribution < -0.4 is 5.32 Å². The average Bonchev–Trinajstić information content (AvgIpc) is 2.40. The summed E-state index contributed by atoms with van der Waals surface area (Å²) >= 11 is 5.87. The fourth-order valence-corrected chi connectivity index (χ4v) is 3.02. The molecule has 0 atom stereocenters. The number of hydrogen-bond acceptors (Lipinski definition) is 1. The fraction of sp³-hybridized carbons (Fsp3) is 0.625. The average molecular weight is 284 g/mol. The van der Waals surface area contributed by atoms with Crippen LogP contribution in [0.4, 0.5) is 4.39 Å². The van der Waals surface area contributed by atoms with E-state index >= 15 is 0 Å². The summed E-state index contributed by atoms with van der Waals surface area (Å²) in [5.41, 5.74) is 0.657. The van der Waals surface area contributed by atoms with Crippen LogP contribution >= 0.6 is 11.6 Å². The van der Waals surface area contributed by atoms with Gasteiger partial charge in [-0.3, -0.25) is 0 Å². The van der Waals surface area contributed by atoms with E-state index in [1.807, 2.05) is 0 Å². The first kappa shape index (κ1) is 14.8. The number of nitrogens with one attached hydrogen (secondary N) is 1. The van der Waals surface area contributed by atoms with Crippen LogP contribution in [0.5, 0.6) is 0 Å². The van der Waals surface area contributed by atoms with Crippen molar-refractivity contribution in [3.8, 4) is 0 Å². The molecule has 1 aromatic carbocycles. The van der Waals surface area contributed by atoms with Gasteiger partial charge in [0.15, 0.2) is 0 Å². The molecule has 2 rings (SSSR count). The zero-order chi connectivity index (χ0) is 13.7. The Hall–Kier alpha value is -0.600. The van der Waals surface area contributed by atoms with Gasteiger partial charge in [-0.05, 0) is 43.0 Å². The Labute approximate surface area is 120 Å². The van der Waals surface area contributed by atoms with Crippen LogP contribution in [-0.4, -0.2) is 6.54 Å². The van der Waals surface area contributed by atoms with E-state index in [1.165, 1.54) is 38.2 Å². The van der Waals surface area contributed by atoms with Crippen LogP contribution in [0.25, 0.3) is 0 Å². The van der Waals surface area contributed by atoms with Crippen LogP contribution in [-0.2, 0) is 6.54 Å².